The van der Waals surface area contributed by atoms with Crippen molar-refractivity contribution >= 4 is 0 Å². The van der Waals surface area contributed by atoms with Gasteiger partial charge in [-0.3, -0.25) is 0 Å². The maximum absolute atomic E-state index is 5.42. The summed E-state index contributed by atoms with van der Waals surface area (Å²) in [5, 5.41) is 3.28. The summed E-state index contributed by atoms with van der Waals surface area (Å²) in [7, 11) is 0. The van der Waals surface area contributed by atoms with Crippen LogP contribution in [0.15, 0.2) is 16.5 Å². The van der Waals surface area contributed by atoms with Crippen molar-refractivity contribution in [2.45, 2.75) is 33.4 Å². The van der Waals surface area contributed by atoms with E-state index in [0.717, 1.165) is 31.2 Å². The third-order valence-corrected chi connectivity index (χ3v) is 1.98. The summed E-state index contributed by atoms with van der Waals surface area (Å²) in [4.78, 5) is 0. The molecule has 1 atom stereocenters. The number of hydrogen-bond donors (Lipinski definition) is 1. The Hall–Kier alpha value is -0.800. The molecule has 0 aliphatic carbocycles. The van der Waals surface area contributed by atoms with Crippen LogP contribution in [0.25, 0.3) is 0 Å². The maximum atomic E-state index is 5.42. The Bertz CT molecular complexity index is 258. The Kier molecular flexibility index (Phi) is 4.70. The summed E-state index contributed by atoms with van der Waals surface area (Å²) in [6.07, 6.45) is 0.260. The predicted molar refractivity (Wildman–Crippen MR) is 56.2 cm³/mol. The molecule has 0 fully saturated rings. The third kappa shape index (κ3) is 3.94. The minimum absolute atomic E-state index is 0.260. The van der Waals surface area contributed by atoms with Gasteiger partial charge in [-0.25, -0.2) is 0 Å². The summed E-state index contributed by atoms with van der Waals surface area (Å²) in [5.74, 6) is 1.94. The fraction of sp³-hybridized carbons (Fsp3) is 0.636. The van der Waals surface area contributed by atoms with Crippen LogP contribution >= 0.6 is 0 Å². The van der Waals surface area contributed by atoms with Crippen molar-refractivity contribution in [2.75, 3.05) is 13.2 Å². The van der Waals surface area contributed by atoms with E-state index in [1.165, 1.54) is 0 Å². The molecule has 0 amide bonds. The van der Waals surface area contributed by atoms with E-state index in [4.69, 9.17) is 9.15 Å². The molecule has 14 heavy (non-hydrogen) atoms. The Morgan fingerprint density at radius 1 is 1.50 bits per heavy atom. The fourth-order valence-electron chi connectivity index (χ4n) is 1.32. The average Bonchev–Trinajstić information content (AvgIpc) is 2.52. The molecule has 0 aliphatic heterocycles. The van der Waals surface area contributed by atoms with Gasteiger partial charge in [0, 0.05) is 13.2 Å². The largest absolute Gasteiger partial charge is 0.465 e. The van der Waals surface area contributed by atoms with Crippen LogP contribution in [0.5, 0.6) is 0 Å². The highest BCUT2D eigenvalue weighted by atomic mass is 16.5. The average molecular weight is 197 g/mol. The van der Waals surface area contributed by atoms with Gasteiger partial charge in [0.25, 0.3) is 0 Å². The molecule has 1 aromatic rings. The Morgan fingerprint density at radius 3 is 2.86 bits per heavy atom. The highest BCUT2D eigenvalue weighted by Gasteiger charge is 2.01. The first-order valence-corrected chi connectivity index (χ1v) is 5.10. The van der Waals surface area contributed by atoms with Crippen molar-refractivity contribution in [3.8, 4) is 0 Å². The van der Waals surface area contributed by atoms with Gasteiger partial charge in [0.1, 0.15) is 11.5 Å². The molecule has 1 N–H and O–H groups in total. The first-order chi connectivity index (χ1) is 6.72. The molecule has 0 bridgehead atoms. The quantitative estimate of drug-likeness (QED) is 0.758. The lowest BCUT2D eigenvalue weighted by molar-refractivity contribution is 0.0756. The van der Waals surface area contributed by atoms with E-state index in [0.29, 0.717) is 0 Å². The first-order valence-electron chi connectivity index (χ1n) is 5.10. The molecule has 80 valence electrons. The number of rotatable bonds is 6. The summed E-state index contributed by atoms with van der Waals surface area (Å²) >= 11 is 0. The second-order valence-corrected chi connectivity index (χ2v) is 3.41. The number of aryl methyl sites for hydroxylation is 1. The Morgan fingerprint density at radius 2 is 2.29 bits per heavy atom. The van der Waals surface area contributed by atoms with Crippen molar-refractivity contribution < 1.29 is 9.15 Å². The molecule has 1 heterocycles. The Labute approximate surface area is 85.4 Å². The highest BCUT2D eigenvalue weighted by molar-refractivity contribution is 5.05. The topological polar surface area (TPSA) is 34.4 Å². The van der Waals surface area contributed by atoms with Gasteiger partial charge in [-0.15, -0.1) is 0 Å². The van der Waals surface area contributed by atoms with E-state index in [1.807, 2.05) is 26.0 Å². The van der Waals surface area contributed by atoms with Crippen LogP contribution in [-0.2, 0) is 11.3 Å². The summed E-state index contributed by atoms with van der Waals surface area (Å²) in [6.45, 7) is 8.41. The van der Waals surface area contributed by atoms with E-state index in [-0.39, 0.29) is 6.10 Å². The molecule has 1 unspecified atom stereocenters. The van der Waals surface area contributed by atoms with Gasteiger partial charge < -0.3 is 14.5 Å². The molecule has 3 heteroatoms. The molecule has 0 saturated carbocycles. The van der Waals surface area contributed by atoms with Gasteiger partial charge >= 0.3 is 0 Å². The maximum Gasteiger partial charge on any atom is 0.117 e. The minimum atomic E-state index is 0.260. The lowest BCUT2D eigenvalue weighted by Crippen LogP contribution is -2.26. The van der Waals surface area contributed by atoms with Crippen molar-refractivity contribution in [1.29, 1.82) is 0 Å². The molecule has 0 radical (unpaired) electrons. The van der Waals surface area contributed by atoms with Crippen LogP contribution in [0.3, 0.4) is 0 Å². The predicted octanol–water partition coefficient (Wildman–Crippen LogP) is 2.10. The van der Waals surface area contributed by atoms with Gasteiger partial charge in [-0.1, -0.05) is 0 Å². The number of furan rings is 1. The van der Waals surface area contributed by atoms with Crippen LogP contribution in [-0.4, -0.2) is 19.3 Å². The SMILES string of the molecule is CCOC(C)CNCc1ccc(C)o1. The minimum Gasteiger partial charge on any atom is -0.465 e. The second kappa shape index (κ2) is 5.83. The third-order valence-electron chi connectivity index (χ3n) is 1.98. The van der Waals surface area contributed by atoms with Crippen molar-refractivity contribution in [3.63, 3.8) is 0 Å². The van der Waals surface area contributed by atoms with E-state index in [2.05, 4.69) is 12.2 Å². The van der Waals surface area contributed by atoms with Crippen LogP contribution < -0.4 is 5.32 Å². The van der Waals surface area contributed by atoms with Gasteiger partial charge in [-0.2, -0.15) is 0 Å². The molecular formula is C11H19NO2. The van der Waals surface area contributed by atoms with Gasteiger partial charge in [-0.05, 0) is 32.9 Å². The zero-order valence-electron chi connectivity index (χ0n) is 9.17. The molecular weight excluding hydrogens is 178 g/mol. The highest BCUT2D eigenvalue weighted by Crippen LogP contribution is 2.05. The summed E-state index contributed by atoms with van der Waals surface area (Å²) in [6, 6.07) is 3.97. The molecule has 1 rings (SSSR count). The molecule has 0 aliphatic rings. The van der Waals surface area contributed by atoms with Gasteiger partial charge in [0.2, 0.25) is 0 Å². The number of hydrogen-bond acceptors (Lipinski definition) is 3. The van der Waals surface area contributed by atoms with Crippen LogP contribution in [0, 0.1) is 6.92 Å². The van der Waals surface area contributed by atoms with Crippen molar-refractivity contribution in [3.05, 3.63) is 23.7 Å². The summed E-state index contributed by atoms with van der Waals surface area (Å²) < 4.78 is 10.8. The monoisotopic (exact) mass is 197 g/mol. The second-order valence-electron chi connectivity index (χ2n) is 3.41. The fourth-order valence-corrected chi connectivity index (χ4v) is 1.32. The van der Waals surface area contributed by atoms with E-state index < -0.39 is 0 Å². The van der Waals surface area contributed by atoms with Crippen LogP contribution in [0.4, 0.5) is 0 Å². The lowest BCUT2D eigenvalue weighted by Gasteiger charge is -2.11. The standard InChI is InChI=1S/C11H19NO2/c1-4-13-10(3)7-12-8-11-6-5-9(2)14-11/h5-6,10,12H,4,7-8H2,1-3H3. The van der Waals surface area contributed by atoms with E-state index in [1.54, 1.807) is 0 Å². The Balaban J connectivity index is 2.15. The van der Waals surface area contributed by atoms with E-state index in [9.17, 15) is 0 Å². The molecule has 1 aromatic heterocycles. The normalized spacial score (nSPS) is 13.1. The van der Waals surface area contributed by atoms with Gasteiger partial charge in [0.15, 0.2) is 0 Å². The zero-order chi connectivity index (χ0) is 10.4. The summed E-state index contributed by atoms with van der Waals surface area (Å²) in [5.41, 5.74) is 0. The van der Waals surface area contributed by atoms with Gasteiger partial charge in [0.05, 0.1) is 12.6 Å². The molecule has 0 saturated heterocycles. The number of nitrogens with one attached hydrogen (secondary N) is 1. The molecule has 3 nitrogen and oxygen atoms in total. The van der Waals surface area contributed by atoms with Crippen molar-refractivity contribution in [1.82, 2.24) is 5.32 Å². The lowest BCUT2D eigenvalue weighted by atomic mass is 10.3. The van der Waals surface area contributed by atoms with Crippen LogP contribution in [0.1, 0.15) is 25.4 Å². The first kappa shape index (κ1) is 11.3. The number of ether oxygens (including phenoxy) is 1. The van der Waals surface area contributed by atoms with Crippen LogP contribution in [0.2, 0.25) is 0 Å². The van der Waals surface area contributed by atoms with E-state index >= 15 is 0 Å². The molecule has 0 spiro atoms. The molecule has 0 aromatic carbocycles. The van der Waals surface area contributed by atoms with Crippen molar-refractivity contribution in [2.24, 2.45) is 0 Å². The zero-order valence-corrected chi connectivity index (χ0v) is 9.17. The smallest absolute Gasteiger partial charge is 0.117 e.